The van der Waals surface area contributed by atoms with Crippen LogP contribution in [0.3, 0.4) is 0 Å². The van der Waals surface area contributed by atoms with Crippen LogP contribution in [0.4, 0.5) is 0 Å². The zero-order valence-corrected chi connectivity index (χ0v) is 4.66. The van der Waals surface area contributed by atoms with Crippen LogP contribution in [-0.4, -0.2) is 6.34 Å². The number of halogens is 1. The molecule has 0 spiro atoms. The van der Waals surface area contributed by atoms with Gasteiger partial charge in [-0.15, -0.1) is 0 Å². The molecule has 0 bridgehead atoms. The third-order valence-electron chi connectivity index (χ3n) is 0. The summed E-state index contributed by atoms with van der Waals surface area (Å²) in [6.07, 6.45) is 0.750. The molecule has 0 aromatic carbocycles. The van der Waals surface area contributed by atoms with E-state index >= 15 is 0 Å². The van der Waals surface area contributed by atoms with Gasteiger partial charge in [-0.2, -0.15) is 0 Å². The van der Waals surface area contributed by atoms with Crippen LogP contribution in [0, 0.1) is 5.41 Å². The first kappa shape index (κ1) is 9.05. The molecule has 0 fully saturated rings. The number of hydrogen-bond acceptors (Lipinski definition) is 1. The SMILES string of the molecule is N=CN.[Cl][Pd]. The summed E-state index contributed by atoms with van der Waals surface area (Å²) < 4.78 is 0. The van der Waals surface area contributed by atoms with Crippen molar-refractivity contribution in [2.75, 3.05) is 0 Å². The molecular formula is CH4ClN2Pd. The molecule has 0 amide bonds. The molecule has 0 rings (SSSR count). The average Bonchev–Trinajstić information content (AvgIpc) is 1.46. The Morgan fingerprint density at radius 1 is 1.80 bits per heavy atom. The first-order chi connectivity index (χ1) is 2.41. The summed E-state index contributed by atoms with van der Waals surface area (Å²) in [5.74, 6) is 0. The van der Waals surface area contributed by atoms with E-state index in [1.54, 1.807) is 0 Å². The molecule has 0 aliphatic carbocycles. The number of hydrogen-bond donors (Lipinski definition) is 2. The molecule has 5 heavy (non-hydrogen) atoms. The van der Waals surface area contributed by atoms with Gasteiger partial charge < -0.3 is 5.73 Å². The Kier molecular flexibility index (Phi) is 46.4. The van der Waals surface area contributed by atoms with Crippen molar-refractivity contribution in [2.24, 2.45) is 5.73 Å². The Hall–Kier alpha value is 0.422. The molecule has 2 nitrogen and oxygen atoms in total. The van der Waals surface area contributed by atoms with Gasteiger partial charge in [0.05, 0.1) is 6.34 Å². The van der Waals surface area contributed by atoms with Gasteiger partial charge in [0.1, 0.15) is 0 Å². The van der Waals surface area contributed by atoms with Gasteiger partial charge in [0.15, 0.2) is 0 Å². The molecule has 35 valence electrons. The Balaban J connectivity index is 0. The van der Waals surface area contributed by atoms with E-state index < -0.39 is 0 Å². The van der Waals surface area contributed by atoms with Crippen molar-refractivity contribution in [1.29, 1.82) is 5.41 Å². The van der Waals surface area contributed by atoms with Gasteiger partial charge in [-0.05, 0) is 0 Å². The zero-order chi connectivity index (χ0) is 4.71. The zero-order valence-electron chi connectivity index (χ0n) is 2.35. The molecule has 0 unspecified atom stereocenters. The van der Waals surface area contributed by atoms with Crippen LogP contribution >= 0.6 is 9.53 Å². The normalized spacial score (nSPS) is 3.80. The van der Waals surface area contributed by atoms with E-state index in [1.807, 2.05) is 0 Å². The molecule has 0 aliphatic heterocycles. The Labute approximate surface area is 45.6 Å². The van der Waals surface area contributed by atoms with Gasteiger partial charge in [0.2, 0.25) is 0 Å². The fourth-order valence-electron chi connectivity index (χ4n) is 0. The van der Waals surface area contributed by atoms with E-state index in [9.17, 15) is 0 Å². The van der Waals surface area contributed by atoms with Crippen molar-refractivity contribution < 1.29 is 18.2 Å². The van der Waals surface area contributed by atoms with Crippen LogP contribution in [0.25, 0.3) is 0 Å². The number of nitrogens with two attached hydrogens (primary N) is 1. The molecule has 3 N–H and O–H groups in total. The van der Waals surface area contributed by atoms with Crippen molar-refractivity contribution in [1.82, 2.24) is 0 Å². The summed E-state index contributed by atoms with van der Waals surface area (Å²) >= 11 is 2.22. The van der Waals surface area contributed by atoms with Crippen molar-refractivity contribution in [2.45, 2.75) is 0 Å². The van der Waals surface area contributed by atoms with Gasteiger partial charge >= 0.3 is 27.7 Å². The van der Waals surface area contributed by atoms with Crippen molar-refractivity contribution in [3.8, 4) is 0 Å². The molecule has 0 saturated carbocycles. The first-order valence-electron chi connectivity index (χ1n) is 0.742. The van der Waals surface area contributed by atoms with Gasteiger partial charge in [-0.1, -0.05) is 0 Å². The summed E-state index contributed by atoms with van der Waals surface area (Å²) in [6.45, 7) is 0. The number of nitrogens with one attached hydrogen (secondary N) is 1. The standard InChI is InChI=1S/CH4N2.ClH.Pd/c2-1-3;;/h1H,(H3,2,3);1H;/q;;+1/p-1. The minimum absolute atomic E-state index is 0.750. The van der Waals surface area contributed by atoms with Crippen LogP contribution in [0.5, 0.6) is 0 Å². The van der Waals surface area contributed by atoms with E-state index in [1.165, 1.54) is 0 Å². The number of rotatable bonds is 0. The van der Waals surface area contributed by atoms with Crippen LogP contribution in [0.2, 0.25) is 0 Å². The second-order valence-electron chi connectivity index (χ2n) is 0.167. The van der Waals surface area contributed by atoms with Crippen LogP contribution in [0.15, 0.2) is 0 Å². The van der Waals surface area contributed by atoms with Gasteiger partial charge in [-0.25, -0.2) is 0 Å². The van der Waals surface area contributed by atoms with Crippen LogP contribution < -0.4 is 5.73 Å². The Morgan fingerprint density at radius 2 is 1.80 bits per heavy atom. The average molecular weight is 186 g/mol. The van der Waals surface area contributed by atoms with E-state index in [0.29, 0.717) is 0 Å². The summed E-state index contributed by atoms with van der Waals surface area (Å²) in [5.41, 5.74) is 4.39. The molecule has 0 radical (unpaired) electrons. The molecule has 0 saturated heterocycles. The van der Waals surface area contributed by atoms with Crippen LogP contribution in [-0.2, 0) is 18.2 Å². The summed E-state index contributed by atoms with van der Waals surface area (Å²) in [4.78, 5) is 0. The first-order valence-corrected chi connectivity index (χ1v) is 2.74. The predicted molar refractivity (Wildman–Crippen MR) is 18.8 cm³/mol. The molecule has 0 aliphatic rings. The molecule has 0 aromatic rings. The fourth-order valence-corrected chi connectivity index (χ4v) is 0. The fraction of sp³-hybridized carbons (Fsp3) is 0. The van der Waals surface area contributed by atoms with E-state index in [-0.39, 0.29) is 0 Å². The molecule has 0 heterocycles. The molecule has 0 atom stereocenters. The second-order valence-corrected chi connectivity index (χ2v) is 0.167. The molecule has 4 heteroatoms. The predicted octanol–water partition coefficient (Wildman–Crippen LogP) is 0.239. The van der Waals surface area contributed by atoms with E-state index in [0.717, 1.165) is 6.34 Å². The second kappa shape index (κ2) is 25.6. The third kappa shape index (κ3) is 145. The topological polar surface area (TPSA) is 49.9 Å². The molecule has 0 aromatic heterocycles. The maximum atomic E-state index is 5.86. The Morgan fingerprint density at radius 3 is 1.80 bits per heavy atom. The van der Waals surface area contributed by atoms with Gasteiger partial charge in [0.25, 0.3) is 0 Å². The van der Waals surface area contributed by atoms with Crippen molar-refractivity contribution in [3.63, 3.8) is 0 Å². The van der Waals surface area contributed by atoms with Crippen LogP contribution in [0.1, 0.15) is 0 Å². The van der Waals surface area contributed by atoms with E-state index in [4.69, 9.17) is 5.41 Å². The van der Waals surface area contributed by atoms with Gasteiger partial charge in [-0.3, -0.25) is 5.41 Å². The monoisotopic (exact) mass is 185 g/mol. The molecular weight excluding hydrogens is 182 g/mol. The Bertz CT molecular complexity index is 17.1. The van der Waals surface area contributed by atoms with E-state index in [2.05, 4.69) is 33.4 Å². The third-order valence-corrected chi connectivity index (χ3v) is 0. The van der Waals surface area contributed by atoms with Crippen molar-refractivity contribution in [3.05, 3.63) is 0 Å². The summed E-state index contributed by atoms with van der Waals surface area (Å²) in [7, 11) is 4.49. The van der Waals surface area contributed by atoms with Gasteiger partial charge in [0, 0.05) is 0 Å². The summed E-state index contributed by atoms with van der Waals surface area (Å²) in [6, 6.07) is 0. The minimum atomic E-state index is 0.750. The quantitative estimate of drug-likeness (QED) is 0.317. The summed E-state index contributed by atoms with van der Waals surface area (Å²) in [5, 5.41) is 5.86. The maximum absolute atomic E-state index is 5.86. The van der Waals surface area contributed by atoms with Crippen molar-refractivity contribution >= 4 is 15.9 Å².